The number of thioether (sulfide) groups is 1. The average Bonchev–Trinajstić information content (AvgIpc) is 2.84. The van der Waals surface area contributed by atoms with E-state index in [4.69, 9.17) is 0 Å². The third-order valence-electron chi connectivity index (χ3n) is 7.14. The molecular formula is C30H38N2O2S. The van der Waals surface area contributed by atoms with Gasteiger partial charge in [-0.1, -0.05) is 62.6 Å². The predicted octanol–water partition coefficient (Wildman–Crippen LogP) is 6.51. The Morgan fingerprint density at radius 1 is 1.11 bits per heavy atom. The van der Waals surface area contributed by atoms with Crippen molar-refractivity contribution in [3.63, 3.8) is 0 Å². The van der Waals surface area contributed by atoms with Crippen LogP contribution in [0.25, 0.3) is 6.08 Å². The second kappa shape index (κ2) is 11.5. The van der Waals surface area contributed by atoms with Crippen molar-refractivity contribution in [2.24, 2.45) is 5.92 Å². The van der Waals surface area contributed by atoms with Crippen molar-refractivity contribution in [3.8, 4) is 0 Å². The van der Waals surface area contributed by atoms with Gasteiger partial charge >= 0.3 is 0 Å². The summed E-state index contributed by atoms with van der Waals surface area (Å²) in [5, 5.41) is 3.44. The number of aryl methyl sites for hydroxylation is 2. The van der Waals surface area contributed by atoms with Crippen LogP contribution in [-0.2, 0) is 11.3 Å². The van der Waals surface area contributed by atoms with Gasteiger partial charge in [0.2, 0.25) is 0 Å². The van der Waals surface area contributed by atoms with E-state index in [0.29, 0.717) is 35.9 Å². The molecule has 1 heterocycles. The second-order valence-corrected chi connectivity index (χ2v) is 11.7. The van der Waals surface area contributed by atoms with E-state index in [-0.39, 0.29) is 11.8 Å². The molecule has 0 aromatic heterocycles. The fourth-order valence-electron chi connectivity index (χ4n) is 4.97. The third kappa shape index (κ3) is 6.38. The van der Waals surface area contributed by atoms with Crippen molar-refractivity contribution in [2.45, 2.75) is 77.6 Å². The van der Waals surface area contributed by atoms with Crippen molar-refractivity contribution >= 4 is 29.7 Å². The van der Waals surface area contributed by atoms with Gasteiger partial charge in [0.1, 0.15) is 0 Å². The van der Waals surface area contributed by atoms with Crippen molar-refractivity contribution in [1.82, 2.24) is 10.2 Å². The molecule has 0 radical (unpaired) electrons. The summed E-state index contributed by atoms with van der Waals surface area (Å²) in [5.41, 5.74) is 5.32. The summed E-state index contributed by atoms with van der Waals surface area (Å²) in [6, 6.07) is 14.4. The van der Waals surface area contributed by atoms with E-state index in [1.165, 1.54) is 29.5 Å². The Bertz CT molecular complexity index is 1090. The van der Waals surface area contributed by atoms with Crippen LogP contribution in [0.5, 0.6) is 0 Å². The van der Waals surface area contributed by atoms with Gasteiger partial charge < -0.3 is 10.2 Å². The summed E-state index contributed by atoms with van der Waals surface area (Å²) in [4.78, 5) is 29.1. The molecule has 2 amide bonds. The largest absolute Gasteiger partial charge is 0.352 e. The summed E-state index contributed by atoms with van der Waals surface area (Å²) in [6.07, 6.45) is 7.64. The molecule has 0 bridgehead atoms. The van der Waals surface area contributed by atoms with Gasteiger partial charge in [0, 0.05) is 29.9 Å². The van der Waals surface area contributed by atoms with Crippen molar-refractivity contribution < 1.29 is 9.59 Å². The maximum Gasteiger partial charge on any atom is 0.260 e. The number of amides is 2. The highest BCUT2D eigenvalue weighted by Crippen LogP contribution is 2.43. The Hall–Kier alpha value is -2.53. The minimum atomic E-state index is -0.0438. The second-order valence-electron chi connectivity index (χ2n) is 10.4. The van der Waals surface area contributed by atoms with Crippen LogP contribution in [-0.4, -0.2) is 34.6 Å². The molecule has 2 aromatic rings. The number of benzene rings is 2. The number of nitrogens with zero attached hydrogens (tertiary/aromatic N) is 1. The maximum atomic E-state index is 13.7. The van der Waals surface area contributed by atoms with Gasteiger partial charge in [-0.05, 0) is 73.9 Å². The molecule has 1 aliphatic heterocycles. The Labute approximate surface area is 214 Å². The highest BCUT2D eigenvalue weighted by molar-refractivity contribution is 8.04. The van der Waals surface area contributed by atoms with Crippen LogP contribution in [0, 0.1) is 19.8 Å². The molecule has 5 heteroatoms. The van der Waals surface area contributed by atoms with Crippen LogP contribution in [0.3, 0.4) is 0 Å². The van der Waals surface area contributed by atoms with Gasteiger partial charge in [0.25, 0.3) is 11.8 Å². The van der Waals surface area contributed by atoms with E-state index in [2.05, 4.69) is 56.1 Å². The molecule has 2 atom stereocenters. The van der Waals surface area contributed by atoms with Crippen LogP contribution in [0.15, 0.2) is 47.4 Å². The van der Waals surface area contributed by atoms with Gasteiger partial charge in [-0.15, -0.1) is 11.8 Å². The van der Waals surface area contributed by atoms with Gasteiger partial charge in [-0.25, -0.2) is 0 Å². The standard InChI is InChI=1S/C30H38N2O2S/c1-20(2)15-16-31-29(33)24-13-11-23(12-14-24)18-28-30(34)32(26-7-5-6-8-27(26)35-28)19-25-17-21(3)9-10-22(25)4/h9-14,17-18,20,26-27H,5-8,15-16,19H2,1-4H3,(H,31,33)/b28-18-. The van der Waals surface area contributed by atoms with E-state index < -0.39 is 0 Å². The third-order valence-corrected chi connectivity index (χ3v) is 8.54. The maximum absolute atomic E-state index is 13.7. The van der Waals surface area contributed by atoms with Gasteiger partial charge in [0.05, 0.1) is 4.91 Å². The van der Waals surface area contributed by atoms with Crippen molar-refractivity contribution in [2.75, 3.05) is 6.54 Å². The van der Waals surface area contributed by atoms with Crippen LogP contribution in [0.4, 0.5) is 0 Å². The quantitative estimate of drug-likeness (QED) is 0.450. The molecule has 186 valence electrons. The smallest absolute Gasteiger partial charge is 0.260 e. The average molecular weight is 491 g/mol. The molecule has 4 nitrogen and oxygen atoms in total. The zero-order chi connectivity index (χ0) is 24.9. The lowest BCUT2D eigenvalue weighted by molar-refractivity contribution is -0.130. The summed E-state index contributed by atoms with van der Waals surface area (Å²) in [5.74, 6) is 0.653. The summed E-state index contributed by atoms with van der Waals surface area (Å²) in [6.45, 7) is 9.90. The number of nitrogens with one attached hydrogen (secondary N) is 1. The molecule has 2 fully saturated rings. The summed E-state index contributed by atoms with van der Waals surface area (Å²) in [7, 11) is 0. The zero-order valence-corrected chi connectivity index (χ0v) is 22.3. The fraction of sp³-hybridized carbons (Fsp3) is 0.467. The van der Waals surface area contributed by atoms with E-state index in [1.807, 2.05) is 30.3 Å². The molecule has 2 unspecified atom stereocenters. The number of hydrogen-bond donors (Lipinski definition) is 1. The Kier molecular flexibility index (Phi) is 8.38. The van der Waals surface area contributed by atoms with Gasteiger partial charge in [-0.2, -0.15) is 0 Å². The number of fused-ring (bicyclic) bond motifs is 1. The molecule has 2 aromatic carbocycles. The zero-order valence-electron chi connectivity index (χ0n) is 21.5. The van der Waals surface area contributed by atoms with Gasteiger partial charge in [-0.3, -0.25) is 9.59 Å². The lowest BCUT2D eigenvalue weighted by Gasteiger charge is -2.44. The lowest BCUT2D eigenvalue weighted by Crippen LogP contribution is -2.50. The normalized spacial score (nSPS) is 21.3. The van der Waals surface area contributed by atoms with Crippen LogP contribution < -0.4 is 5.32 Å². The summed E-state index contributed by atoms with van der Waals surface area (Å²) >= 11 is 1.75. The minimum absolute atomic E-state index is 0.0438. The number of carbonyl (C=O) groups is 2. The van der Waals surface area contributed by atoms with Crippen LogP contribution in [0.1, 0.15) is 78.6 Å². The molecule has 1 N–H and O–H groups in total. The highest BCUT2D eigenvalue weighted by Gasteiger charge is 2.40. The monoisotopic (exact) mass is 490 g/mol. The Morgan fingerprint density at radius 3 is 2.60 bits per heavy atom. The van der Waals surface area contributed by atoms with Crippen LogP contribution in [0.2, 0.25) is 0 Å². The molecule has 35 heavy (non-hydrogen) atoms. The number of carbonyl (C=O) groups excluding carboxylic acids is 2. The first-order valence-electron chi connectivity index (χ1n) is 13.0. The molecular weight excluding hydrogens is 452 g/mol. The molecule has 4 rings (SSSR count). The van der Waals surface area contributed by atoms with E-state index in [0.717, 1.165) is 29.7 Å². The number of hydrogen-bond acceptors (Lipinski definition) is 3. The predicted molar refractivity (Wildman–Crippen MR) is 146 cm³/mol. The molecule has 2 aliphatic rings. The molecule has 0 spiro atoms. The highest BCUT2D eigenvalue weighted by atomic mass is 32.2. The SMILES string of the molecule is Cc1ccc(C)c(CN2C(=O)/C(=C/c3ccc(C(=O)NCCC(C)C)cc3)SC3CCCCC32)c1. The number of rotatable bonds is 7. The first-order chi connectivity index (χ1) is 16.8. The molecule has 1 saturated heterocycles. The van der Waals surface area contributed by atoms with Crippen LogP contribution >= 0.6 is 11.8 Å². The minimum Gasteiger partial charge on any atom is -0.352 e. The lowest BCUT2D eigenvalue weighted by atomic mass is 9.92. The molecule has 1 aliphatic carbocycles. The first kappa shape index (κ1) is 25.6. The topological polar surface area (TPSA) is 49.4 Å². The summed E-state index contributed by atoms with van der Waals surface area (Å²) < 4.78 is 0. The molecule has 1 saturated carbocycles. The van der Waals surface area contributed by atoms with Crippen molar-refractivity contribution in [1.29, 1.82) is 0 Å². The van der Waals surface area contributed by atoms with E-state index in [9.17, 15) is 9.59 Å². The van der Waals surface area contributed by atoms with Crippen molar-refractivity contribution in [3.05, 3.63) is 75.2 Å². The van der Waals surface area contributed by atoms with E-state index in [1.54, 1.807) is 11.8 Å². The fourth-order valence-corrected chi connectivity index (χ4v) is 6.45. The first-order valence-corrected chi connectivity index (χ1v) is 13.8. The Balaban J connectivity index is 1.52. The van der Waals surface area contributed by atoms with E-state index >= 15 is 0 Å². The van der Waals surface area contributed by atoms with Gasteiger partial charge in [0.15, 0.2) is 0 Å². The Morgan fingerprint density at radius 2 is 1.86 bits per heavy atom.